The van der Waals surface area contributed by atoms with Crippen LogP contribution in [0.2, 0.25) is 0 Å². The lowest BCUT2D eigenvalue weighted by atomic mass is 10.1. The van der Waals surface area contributed by atoms with E-state index in [-0.39, 0.29) is 5.91 Å². The first-order valence-electron chi connectivity index (χ1n) is 5.32. The molecule has 1 unspecified atom stereocenters. The van der Waals surface area contributed by atoms with Crippen LogP contribution in [0, 0.1) is 0 Å². The summed E-state index contributed by atoms with van der Waals surface area (Å²) < 4.78 is 10.9. The molecule has 1 heterocycles. The molecule has 2 rings (SSSR count). The molecule has 4 nitrogen and oxygen atoms in total. The van der Waals surface area contributed by atoms with E-state index in [4.69, 9.17) is 0 Å². The van der Waals surface area contributed by atoms with Crippen LogP contribution in [0.1, 0.15) is 10.4 Å². The van der Waals surface area contributed by atoms with Gasteiger partial charge in [0.25, 0.3) is 5.91 Å². The van der Waals surface area contributed by atoms with Crippen LogP contribution in [0.4, 0.5) is 0 Å². The van der Waals surface area contributed by atoms with E-state index in [0.29, 0.717) is 17.9 Å². The first-order valence-corrected chi connectivity index (χ1v) is 7.05. The third-order valence-corrected chi connectivity index (χ3v) is 3.27. The quantitative estimate of drug-likeness (QED) is 0.858. The molecule has 0 radical (unpaired) electrons. The van der Waals surface area contributed by atoms with Gasteiger partial charge in [0.1, 0.15) is 0 Å². The Hall–Kier alpha value is -1.62. The molecular weight excluding hydrogens is 236 g/mol. The van der Waals surface area contributed by atoms with Crippen LogP contribution in [-0.2, 0) is 10.8 Å². The molecule has 17 heavy (non-hydrogen) atoms. The zero-order chi connectivity index (χ0) is 12.3. The molecule has 1 atom stereocenters. The minimum atomic E-state index is -0.874. The van der Waals surface area contributed by atoms with Crippen molar-refractivity contribution < 1.29 is 9.00 Å². The van der Waals surface area contributed by atoms with Gasteiger partial charge in [-0.05, 0) is 24.3 Å². The number of rotatable bonds is 4. The van der Waals surface area contributed by atoms with Crippen LogP contribution in [-0.4, -0.2) is 33.7 Å². The summed E-state index contributed by atoms with van der Waals surface area (Å²) in [5, 5.41) is 3.76. The van der Waals surface area contributed by atoms with E-state index < -0.39 is 10.8 Å². The standard InChI is InChI=1S/C12H14N2O2S/c1-17(16)7-6-14-12(15)10-2-3-11-9(8-10)4-5-13-11/h2-5,8,13H,6-7H2,1H3,(H,14,15). The molecule has 90 valence electrons. The molecule has 0 aliphatic heterocycles. The van der Waals surface area contributed by atoms with E-state index in [0.717, 1.165) is 10.9 Å². The van der Waals surface area contributed by atoms with Gasteiger partial charge in [-0.25, -0.2) is 0 Å². The van der Waals surface area contributed by atoms with Crippen molar-refractivity contribution in [1.29, 1.82) is 0 Å². The summed E-state index contributed by atoms with van der Waals surface area (Å²) in [7, 11) is -0.874. The lowest BCUT2D eigenvalue weighted by Gasteiger charge is -2.04. The van der Waals surface area contributed by atoms with Gasteiger partial charge in [0.2, 0.25) is 0 Å². The third kappa shape index (κ3) is 2.94. The number of benzene rings is 1. The van der Waals surface area contributed by atoms with Crippen LogP contribution in [0.5, 0.6) is 0 Å². The number of hydrogen-bond acceptors (Lipinski definition) is 2. The Morgan fingerprint density at radius 2 is 2.24 bits per heavy atom. The number of nitrogens with one attached hydrogen (secondary N) is 2. The van der Waals surface area contributed by atoms with Crippen LogP contribution in [0.25, 0.3) is 10.9 Å². The molecule has 0 aliphatic rings. The minimum Gasteiger partial charge on any atom is -0.361 e. The molecule has 0 saturated carbocycles. The van der Waals surface area contributed by atoms with Crippen LogP contribution >= 0.6 is 0 Å². The second-order valence-electron chi connectivity index (χ2n) is 3.81. The molecular formula is C12H14N2O2S. The smallest absolute Gasteiger partial charge is 0.251 e. The summed E-state index contributed by atoms with van der Waals surface area (Å²) in [5.41, 5.74) is 1.63. The Kier molecular flexibility index (Phi) is 3.58. The van der Waals surface area contributed by atoms with E-state index in [1.54, 1.807) is 12.3 Å². The molecule has 1 aromatic carbocycles. The lowest BCUT2D eigenvalue weighted by Crippen LogP contribution is -2.27. The van der Waals surface area contributed by atoms with E-state index in [2.05, 4.69) is 10.3 Å². The van der Waals surface area contributed by atoms with E-state index >= 15 is 0 Å². The molecule has 0 spiro atoms. The fraction of sp³-hybridized carbons (Fsp3) is 0.250. The highest BCUT2D eigenvalue weighted by atomic mass is 32.2. The fourth-order valence-corrected chi connectivity index (χ4v) is 1.99. The number of carbonyl (C=O) groups is 1. The van der Waals surface area contributed by atoms with Crippen LogP contribution < -0.4 is 5.32 Å². The predicted octanol–water partition coefficient (Wildman–Crippen LogP) is 1.28. The highest BCUT2D eigenvalue weighted by Crippen LogP contribution is 2.13. The number of aromatic nitrogens is 1. The second-order valence-corrected chi connectivity index (χ2v) is 5.37. The van der Waals surface area contributed by atoms with Gasteiger partial charge in [0.15, 0.2) is 0 Å². The van der Waals surface area contributed by atoms with Crippen molar-refractivity contribution in [3.63, 3.8) is 0 Å². The topological polar surface area (TPSA) is 62.0 Å². The van der Waals surface area contributed by atoms with Crippen molar-refractivity contribution >= 4 is 27.6 Å². The van der Waals surface area contributed by atoms with Crippen molar-refractivity contribution in [2.24, 2.45) is 0 Å². The number of amides is 1. The van der Waals surface area contributed by atoms with Crippen molar-refractivity contribution in [1.82, 2.24) is 10.3 Å². The van der Waals surface area contributed by atoms with Crippen LogP contribution in [0.3, 0.4) is 0 Å². The molecule has 2 N–H and O–H groups in total. The first-order chi connectivity index (χ1) is 8.16. The van der Waals surface area contributed by atoms with Gasteiger partial charge in [0.05, 0.1) is 0 Å². The Bertz CT molecular complexity index is 562. The Morgan fingerprint density at radius 3 is 3.00 bits per heavy atom. The van der Waals surface area contributed by atoms with Crippen molar-refractivity contribution in [3.05, 3.63) is 36.0 Å². The Balaban J connectivity index is 2.05. The normalized spacial score (nSPS) is 12.5. The van der Waals surface area contributed by atoms with Gasteiger partial charge in [-0.15, -0.1) is 0 Å². The maximum atomic E-state index is 11.8. The van der Waals surface area contributed by atoms with E-state index in [1.165, 1.54) is 0 Å². The summed E-state index contributed by atoms with van der Waals surface area (Å²) >= 11 is 0. The molecule has 0 aliphatic carbocycles. The van der Waals surface area contributed by atoms with Gasteiger partial charge in [-0.2, -0.15) is 0 Å². The molecule has 5 heteroatoms. The third-order valence-electron chi connectivity index (χ3n) is 2.49. The highest BCUT2D eigenvalue weighted by molar-refractivity contribution is 7.84. The summed E-state index contributed by atoms with van der Waals surface area (Å²) in [6.07, 6.45) is 3.46. The van der Waals surface area contributed by atoms with Crippen molar-refractivity contribution in [3.8, 4) is 0 Å². The Morgan fingerprint density at radius 1 is 1.41 bits per heavy atom. The Labute approximate surface area is 102 Å². The maximum Gasteiger partial charge on any atom is 0.251 e. The van der Waals surface area contributed by atoms with Crippen LogP contribution in [0.15, 0.2) is 30.5 Å². The molecule has 1 amide bonds. The van der Waals surface area contributed by atoms with Gasteiger partial charge < -0.3 is 10.3 Å². The van der Waals surface area contributed by atoms with Gasteiger partial charge in [-0.3, -0.25) is 9.00 Å². The van der Waals surface area contributed by atoms with Crippen molar-refractivity contribution in [2.45, 2.75) is 0 Å². The number of H-pyrrole nitrogens is 1. The van der Waals surface area contributed by atoms with Gasteiger partial charge in [-0.1, -0.05) is 0 Å². The predicted molar refractivity (Wildman–Crippen MR) is 69.6 cm³/mol. The van der Waals surface area contributed by atoms with Gasteiger partial charge >= 0.3 is 0 Å². The summed E-state index contributed by atoms with van der Waals surface area (Å²) in [6.45, 7) is 0.438. The minimum absolute atomic E-state index is 0.126. The average Bonchev–Trinajstić information content (AvgIpc) is 2.75. The zero-order valence-corrected chi connectivity index (χ0v) is 10.3. The molecule has 0 saturated heterocycles. The first kappa shape index (κ1) is 11.9. The molecule has 0 bridgehead atoms. The number of hydrogen-bond donors (Lipinski definition) is 2. The average molecular weight is 250 g/mol. The number of aromatic amines is 1. The molecule has 1 aromatic heterocycles. The lowest BCUT2D eigenvalue weighted by molar-refractivity contribution is 0.0956. The summed E-state index contributed by atoms with van der Waals surface area (Å²) in [5.74, 6) is 0.358. The molecule has 0 fully saturated rings. The molecule has 2 aromatic rings. The van der Waals surface area contributed by atoms with Gasteiger partial charge in [0, 0.05) is 52.0 Å². The summed E-state index contributed by atoms with van der Waals surface area (Å²) in [4.78, 5) is 14.8. The second kappa shape index (κ2) is 5.14. The monoisotopic (exact) mass is 250 g/mol. The number of fused-ring (bicyclic) bond motifs is 1. The van der Waals surface area contributed by atoms with E-state index in [1.807, 2.05) is 24.4 Å². The zero-order valence-electron chi connectivity index (χ0n) is 9.53. The number of carbonyl (C=O) groups excluding carboxylic acids is 1. The van der Waals surface area contributed by atoms with E-state index in [9.17, 15) is 9.00 Å². The van der Waals surface area contributed by atoms with Crippen molar-refractivity contribution in [2.75, 3.05) is 18.6 Å². The highest BCUT2D eigenvalue weighted by Gasteiger charge is 2.06. The largest absolute Gasteiger partial charge is 0.361 e. The SMILES string of the molecule is CS(=O)CCNC(=O)c1ccc2[nH]ccc2c1. The fourth-order valence-electron chi connectivity index (χ4n) is 1.60. The maximum absolute atomic E-state index is 11.8. The summed E-state index contributed by atoms with van der Waals surface area (Å²) in [6, 6.07) is 7.41.